The first-order valence-corrected chi connectivity index (χ1v) is 8.27. The van der Waals surface area contributed by atoms with E-state index in [4.69, 9.17) is 16.3 Å². The highest BCUT2D eigenvalue weighted by molar-refractivity contribution is 6.30. The first kappa shape index (κ1) is 16.0. The second-order valence-electron chi connectivity index (χ2n) is 5.92. The fourth-order valence-corrected chi connectivity index (χ4v) is 2.69. The molecule has 2 aromatic carbocycles. The maximum absolute atomic E-state index is 12.2. The van der Waals surface area contributed by atoms with Crippen LogP contribution in [0.15, 0.2) is 54.6 Å². The minimum atomic E-state index is -0.230. The normalized spacial score (nSPS) is 15.2. The van der Waals surface area contributed by atoms with E-state index in [0.717, 1.165) is 11.1 Å². The van der Waals surface area contributed by atoms with Crippen LogP contribution >= 0.6 is 11.6 Å². The Labute approximate surface area is 141 Å². The number of amides is 1. The summed E-state index contributed by atoms with van der Waals surface area (Å²) in [4.78, 5) is 12.2. The van der Waals surface area contributed by atoms with Crippen LogP contribution in [0.5, 0.6) is 0 Å². The molecule has 1 N–H and O–H groups in total. The number of rotatable bonds is 7. The lowest BCUT2D eigenvalue weighted by molar-refractivity contribution is -0.126. The number of nitrogens with one attached hydrogen (secondary N) is 1. The molecule has 3 rings (SSSR count). The molecule has 0 radical (unpaired) electrons. The van der Waals surface area contributed by atoms with Crippen molar-refractivity contribution < 1.29 is 9.53 Å². The Morgan fingerprint density at radius 3 is 2.57 bits per heavy atom. The van der Waals surface area contributed by atoms with E-state index in [0.29, 0.717) is 17.5 Å². The molecule has 1 aliphatic carbocycles. The van der Waals surface area contributed by atoms with Crippen LogP contribution in [0, 0.1) is 5.92 Å². The van der Waals surface area contributed by atoms with Gasteiger partial charge in [0, 0.05) is 5.02 Å². The van der Waals surface area contributed by atoms with Gasteiger partial charge in [-0.25, -0.2) is 0 Å². The molecular formula is C19H20ClNO2. The van der Waals surface area contributed by atoms with Gasteiger partial charge in [0.1, 0.15) is 6.61 Å². The second-order valence-corrected chi connectivity index (χ2v) is 6.36. The van der Waals surface area contributed by atoms with Gasteiger partial charge < -0.3 is 10.1 Å². The summed E-state index contributed by atoms with van der Waals surface area (Å²) in [6, 6.07) is 17.2. The Kier molecular flexibility index (Phi) is 5.31. The number of ether oxygens (including phenoxy) is 1. The highest BCUT2D eigenvalue weighted by atomic mass is 35.5. The molecule has 1 saturated carbocycles. The Bertz CT molecular complexity index is 655. The van der Waals surface area contributed by atoms with Gasteiger partial charge in [0.05, 0.1) is 12.6 Å². The molecule has 3 nitrogen and oxygen atoms in total. The first-order chi connectivity index (χ1) is 11.2. The summed E-state index contributed by atoms with van der Waals surface area (Å²) in [5.74, 6) is 0.542. The summed E-state index contributed by atoms with van der Waals surface area (Å²) < 4.78 is 5.48. The van der Waals surface area contributed by atoms with Gasteiger partial charge in [-0.3, -0.25) is 4.79 Å². The monoisotopic (exact) mass is 329 g/mol. The predicted octanol–water partition coefficient (Wildman–Crippen LogP) is 3.97. The Morgan fingerprint density at radius 2 is 1.87 bits per heavy atom. The third kappa shape index (κ3) is 4.81. The Balaban J connectivity index is 1.71. The molecule has 2 aromatic rings. The van der Waals surface area contributed by atoms with Gasteiger partial charge in [0.2, 0.25) is 5.91 Å². The quantitative estimate of drug-likeness (QED) is 0.834. The molecule has 0 heterocycles. The molecule has 120 valence electrons. The highest BCUT2D eigenvalue weighted by Crippen LogP contribution is 2.28. The van der Waals surface area contributed by atoms with Crippen molar-refractivity contribution in [3.05, 3.63) is 70.7 Å². The second kappa shape index (κ2) is 7.62. The van der Waals surface area contributed by atoms with Crippen LogP contribution in [0.4, 0.5) is 0 Å². The summed E-state index contributed by atoms with van der Waals surface area (Å²) in [5.41, 5.74) is 1.98. The van der Waals surface area contributed by atoms with Gasteiger partial charge in [-0.2, -0.15) is 0 Å². The molecule has 0 aromatic heterocycles. The molecular weight excluding hydrogens is 310 g/mol. The number of halogens is 1. The standard InChI is InChI=1S/C19H20ClNO2/c20-17-8-4-7-16(11-17)19(15-5-2-1-3-6-15)21-18(22)13-23-12-14-9-10-14/h1-8,11,14,19H,9-10,12-13H2,(H,21,22). The zero-order valence-corrected chi connectivity index (χ0v) is 13.6. The fourth-order valence-electron chi connectivity index (χ4n) is 2.50. The number of hydrogen-bond donors (Lipinski definition) is 1. The number of hydrogen-bond acceptors (Lipinski definition) is 2. The van der Waals surface area contributed by atoms with Crippen molar-refractivity contribution in [1.82, 2.24) is 5.32 Å². The van der Waals surface area contributed by atoms with Crippen LogP contribution in [-0.4, -0.2) is 19.1 Å². The molecule has 1 fully saturated rings. The molecule has 23 heavy (non-hydrogen) atoms. The summed E-state index contributed by atoms with van der Waals surface area (Å²) in [6.45, 7) is 0.779. The van der Waals surface area contributed by atoms with E-state index >= 15 is 0 Å². The number of benzene rings is 2. The Morgan fingerprint density at radius 1 is 1.13 bits per heavy atom. The SMILES string of the molecule is O=C(COCC1CC1)NC(c1ccccc1)c1cccc(Cl)c1. The first-order valence-electron chi connectivity index (χ1n) is 7.90. The van der Waals surface area contributed by atoms with Gasteiger partial charge in [0.15, 0.2) is 0 Å². The van der Waals surface area contributed by atoms with Crippen molar-refractivity contribution >= 4 is 17.5 Å². The van der Waals surface area contributed by atoms with Crippen LogP contribution < -0.4 is 5.32 Å². The zero-order valence-electron chi connectivity index (χ0n) is 12.9. The van der Waals surface area contributed by atoms with E-state index in [1.54, 1.807) is 0 Å². The summed E-state index contributed by atoms with van der Waals surface area (Å²) in [6.07, 6.45) is 2.44. The van der Waals surface area contributed by atoms with Gasteiger partial charge in [-0.05, 0) is 42.0 Å². The molecule has 1 amide bonds. The minimum absolute atomic E-state index is 0.0976. The number of carbonyl (C=O) groups excluding carboxylic acids is 1. The van der Waals surface area contributed by atoms with Crippen LogP contribution in [0.2, 0.25) is 5.02 Å². The van der Waals surface area contributed by atoms with Crippen molar-refractivity contribution in [2.75, 3.05) is 13.2 Å². The van der Waals surface area contributed by atoms with Crippen LogP contribution in [0.25, 0.3) is 0 Å². The van der Waals surface area contributed by atoms with Crippen molar-refractivity contribution in [3.63, 3.8) is 0 Å². The lowest BCUT2D eigenvalue weighted by Crippen LogP contribution is -2.32. The van der Waals surface area contributed by atoms with Gasteiger partial charge in [0.25, 0.3) is 0 Å². The van der Waals surface area contributed by atoms with E-state index in [1.807, 2.05) is 54.6 Å². The molecule has 4 heteroatoms. The van der Waals surface area contributed by atoms with E-state index in [2.05, 4.69) is 5.32 Å². The van der Waals surface area contributed by atoms with E-state index in [9.17, 15) is 4.79 Å². The maximum Gasteiger partial charge on any atom is 0.246 e. The van der Waals surface area contributed by atoms with Crippen molar-refractivity contribution in [2.45, 2.75) is 18.9 Å². The predicted molar refractivity (Wildman–Crippen MR) is 91.4 cm³/mol. The third-order valence-electron chi connectivity index (χ3n) is 3.90. The summed E-state index contributed by atoms with van der Waals surface area (Å²) >= 11 is 6.10. The molecule has 0 bridgehead atoms. The average molecular weight is 330 g/mol. The molecule has 0 spiro atoms. The van der Waals surface area contributed by atoms with Gasteiger partial charge in [-0.15, -0.1) is 0 Å². The summed E-state index contributed by atoms with van der Waals surface area (Å²) in [5, 5.41) is 3.70. The van der Waals surface area contributed by atoms with Crippen LogP contribution in [0.1, 0.15) is 30.0 Å². The van der Waals surface area contributed by atoms with Crippen molar-refractivity contribution in [3.8, 4) is 0 Å². The van der Waals surface area contributed by atoms with E-state index in [1.165, 1.54) is 12.8 Å². The number of carbonyl (C=O) groups is 1. The molecule has 1 unspecified atom stereocenters. The van der Waals surface area contributed by atoms with Crippen LogP contribution in [0.3, 0.4) is 0 Å². The maximum atomic E-state index is 12.2. The largest absolute Gasteiger partial charge is 0.371 e. The van der Waals surface area contributed by atoms with E-state index in [-0.39, 0.29) is 18.6 Å². The molecule has 0 aliphatic heterocycles. The third-order valence-corrected chi connectivity index (χ3v) is 4.14. The van der Waals surface area contributed by atoms with Gasteiger partial charge in [-0.1, -0.05) is 54.1 Å². The highest BCUT2D eigenvalue weighted by Gasteiger charge is 2.22. The van der Waals surface area contributed by atoms with Crippen molar-refractivity contribution in [2.24, 2.45) is 5.92 Å². The van der Waals surface area contributed by atoms with E-state index < -0.39 is 0 Å². The van der Waals surface area contributed by atoms with Crippen molar-refractivity contribution in [1.29, 1.82) is 0 Å². The van der Waals surface area contributed by atoms with Crippen LogP contribution in [-0.2, 0) is 9.53 Å². The average Bonchev–Trinajstić information content (AvgIpc) is 3.38. The fraction of sp³-hybridized carbons (Fsp3) is 0.316. The zero-order chi connectivity index (χ0) is 16.1. The molecule has 1 atom stereocenters. The Hall–Kier alpha value is -1.84. The minimum Gasteiger partial charge on any atom is -0.371 e. The smallest absolute Gasteiger partial charge is 0.246 e. The lowest BCUT2D eigenvalue weighted by Gasteiger charge is -2.20. The molecule has 1 aliphatic rings. The topological polar surface area (TPSA) is 38.3 Å². The summed E-state index contributed by atoms with van der Waals surface area (Å²) in [7, 11) is 0. The lowest BCUT2D eigenvalue weighted by atomic mass is 9.99. The van der Waals surface area contributed by atoms with Gasteiger partial charge >= 0.3 is 0 Å². The molecule has 0 saturated heterocycles.